The van der Waals surface area contributed by atoms with Gasteiger partial charge in [-0.1, -0.05) is 12.1 Å². The van der Waals surface area contributed by atoms with E-state index < -0.39 is 17.7 Å². The Labute approximate surface area is 171 Å². The SMILES string of the molecule is CC(=O)c1ccc(NC(=O)N2CCCC(C(=O)c3ccc(C(F)(F)F)cc3)C2)cc1. The number of alkyl halides is 3. The van der Waals surface area contributed by atoms with Gasteiger partial charge in [0.1, 0.15) is 0 Å². The third kappa shape index (κ3) is 5.06. The molecule has 1 heterocycles. The first-order valence-electron chi connectivity index (χ1n) is 9.53. The van der Waals surface area contributed by atoms with Crippen molar-refractivity contribution in [3.8, 4) is 0 Å². The van der Waals surface area contributed by atoms with Crippen LogP contribution in [0.15, 0.2) is 48.5 Å². The highest BCUT2D eigenvalue weighted by Crippen LogP contribution is 2.30. The molecule has 3 rings (SSSR count). The van der Waals surface area contributed by atoms with E-state index in [0.29, 0.717) is 30.6 Å². The second-order valence-corrected chi connectivity index (χ2v) is 7.29. The van der Waals surface area contributed by atoms with Gasteiger partial charge in [-0.25, -0.2) is 4.79 Å². The molecule has 0 aromatic heterocycles. The maximum Gasteiger partial charge on any atom is 0.416 e. The number of rotatable bonds is 4. The van der Waals surface area contributed by atoms with Gasteiger partial charge in [0.05, 0.1) is 5.56 Å². The third-order valence-corrected chi connectivity index (χ3v) is 5.12. The fourth-order valence-electron chi connectivity index (χ4n) is 3.43. The van der Waals surface area contributed by atoms with Crippen LogP contribution in [0.5, 0.6) is 0 Å². The predicted molar refractivity (Wildman–Crippen MR) is 106 cm³/mol. The largest absolute Gasteiger partial charge is 0.416 e. The van der Waals surface area contributed by atoms with Crippen LogP contribution in [0, 0.1) is 5.92 Å². The minimum Gasteiger partial charge on any atom is -0.324 e. The Kier molecular flexibility index (Phi) is 6.24. The molecule has 1 unspecified atom stereocenters. The van der Waals surface area contributed by atoms with Gasteiger partial charge < -0.3 is 10.2 Å². The zero-order valence-corrected chi connectivity index (χ0v) is 16.3. The summed E-state index contributed by atoms with van der Waals surface area (Å²) in [5.74, 6) is -0.818. The number of ketones is 2. The standard InChI is InChI=1S/C22H21F3N2O3/c1-14(28)15-6-10-19(11-7-15)26-21(30)27-12-2-3-17(13-27)20(29)16-4-8-18(9-5-16)22(23,24)25/h4-11,17H,2-3,12-13H2,1H3,(H,26,30). The van der Waals surface area contributed by atoms with Gasteiger partial charge in [-0.2, -0.15) is 13.2 Å². The molecular weight excluding hydrogens is 397 g/mol. The summed E-state index contributed by atoms with van der Waals surface area (Å²) in [5.41, 5.74) is 0.462. The van der Waals surface area contributed by atoms with Gasteiger partial charge in [-0.15, -0.1) is 0 Å². The van der Waals surface area contributed by atoms with Crippen molar-refractivity contribution in [2.45, 2.75) is 25.9 Å². The Balaban J connectivity index is 1.63. The lowest BCUT2D eigenvalue weighted by Gasteiger charge is -2.32. The fourth-order valence-corrected chi connectivity index (χ4v) is 3.43. The van der Waals surface area contributed by atoms with Crippen LogP contribution in [0.3, 0.4) is 0 Å². The quantitative estimate of drug-likeness (QED) is 0.708. The number of amides is 2. The van der Waals surface area contributed by atoms with E-state index in [2.05, 4.69) is 5.32 Å². The van der Waals surface area contributed by atoms with E-state index in [1.807, 2.05) is 0 Å². The molecule has 2 aromatic carbocycles. The molecule has 0 aliphatic carbocycles. The highest BCUT2D eigenvalue weighted by molar-refractivity contribution is 5.99. The first kappa shape index (κ1) is 21.5. The maximum atomic E-state index is 12.7. The van der Waals surface area contributed by atoms with E-state index in [9.17, 15) is 27.6 Å². The number of urea groups is 1. The number of anilines is 1. The van der Waals surface area contributed by atoms with E-state index in [4.69, 9.17) is 0 Å². The molecule has 1 saturated heterocycles. The normalized spacial score (nSPS) is 16.8. The third-order valence-electron chi connectivity index (χ3n) is 5.12. The summed E-state index contributed by atoms with van der Waals surface area (Å²) in [7, 11) is 0. The van der Waals surface area contributed by atoms with Gasteiger partial charge in [0, 0.05) is 35.8 Å². The number of benzene rings is 2. The van der Waals surface area contributed by atoms with Crippen LogP contribution in [-0.2, 0) is 6.18 Å². The average Bonchev–Trinajstić information content (AvgIpc) is 2.73. The molecule has 1 N–H and O–H groups in total. The van der Waals surface area contributed by atoms with Gasteiger partial charge in [-0.3, -0.25) is 9.59 Å². The van der Waals surface area contributed by atoms with Gasteiger partial charge in [0.15, 0.2) is 11.6 Å². The smallest absolute Gasteiger partial charge is 0.324 e. The maximum absolute atomic E-state index is 12.7. The number of likely N-dealkylation sites (tertiary alicyclic amines) is 1. The summed E-state index contributed by atoms with van der Waals surface area (Å²) in [6.07, 6.45) is -3.27. The molecular formula is C22H21F3N2O3. The summed E-state index contributed by atoms with van der Waals surface area (Å²) in [5, 5.41) is 2.74. The molecule has 0 saturated carbocycles. The zero-order valence-electron chi connectivity index (χ0n) is 16.3. The second-order valence-electron chi connectivity index (χ2n) is 7.29. The van der Waals surface area contributed by atoms with Crippen molar-refractivity contribution >= 4 is 23.3 Å². The molecule has 30 heavy (non-hydrogen) atoms. The van der Waals surface area contributed by atoms with Crippen molar-refractivity contribution in [1.82, 2.24) is 4.90 Å². The summed E-state index contributed by atoms with van der Waals surface area (Å²) in [6.45, 7) is 2.13. The highest BCUT2D eigenvalue weighted by Gasteiger charge is 2.32. The van der Waals surface area contributed by atoms with Gasteiger partial charge in [-0.05, 0) is 56.2 Å². The lowest BCUT2D eigenvalue weighted by atomic mass is 9.90. The lowest BCUT2D eigenvalue weighted by molar-refractivity contribution is -0.137. The van der Waals surface area contributed by atoms with Crippen LogP contribution in [0.1, 0.15) is 46.0 Å². The number of nitrogens with zero attached hydrogens (tertiary/aromatic N) is 1. The number of carbonyl (C=O) groups is 3. The van der Waals surface area contributed by atoms with E-state index in [0.717, 1.165) is 12.1 Å². The Bertz CT molecular complexity index is 938. The van der Waals surface area contributed by atoms with Crippen molar-refractivity contribution in [2.24, 2.45) is 5.92 Å². The minimum atomic E-state index is -4.45. The lowest BCUT2D eigenvalue weighted by Crippen LogP contribution is -2.44. The summed E-state index contributed by atoms with van der Waals surface area (Å²) >= 11 is 0. The Morgan fingerprint density at radius 3 is 2.13 bits per heavy atom. The van der Waals surface area contributed by atoms with Crippen molar-refractivity contribution in [2.75, 3.05) is 18.4 Å². The summed E-state index contributed by atoms with van der Waals surface area (Å²) in [6, 6.07) is 10.3. The molecule has 158 valence electrons. The number of hydrogen-bond donors (Lipinski definition) is 1. The first-order valence-corrected chi connectivity index (χ1v) is 9.53. The topological polar surface area (TPSA) is 66.5 Å². The van der Waals surface area contributed by atoms with Crippen LogP contribution < -0.4 is 5.32 Å². The number of Topliss-reactive ketones (excluding diaryl/α,β-unsaturated/α-hetero) is 2. The molecule has 5 nitrogen and oxygen atoms in total. The van der Waals surface area contributed by atoms with Gasteiger partial charge in [0.25, 0.3) is 0 Å². The minimum absolute atomic E-state index is 0.0754. The Morgan fingerprint density at radius 2 is 1.57 bits per heavy atom. The first-order chi connectivity index (χ1) is 14.1. The molecule has 2 amide bonds. The van der Waals surface area contributed by atoms with Gasteiger partial charge in [0.2, 0.25) is 0 Å². The van der Waals surface area contributed by atoms with Crippen LogP contribution in [0.25, 0.3) is 0 Å². The highest BCUT2D eigenvalue weighted by atomic mass is 19.4. The molecule has 1 aliphatic rings. The van der Waals surface area contributed by atoms with Crippen LogP contribution in [0.2, 0.25) is 0 Å². The van der Waals surface area contributed by atoms with E-state index in [1.165, 1.54) is 24.0 Å². The Morgan fingerprint density at radius 1 is 0.967 bits per heavy atom. The van der Waals surface area contributed by atoms with Crippen molar-refractivity contribution < 1.29 is 27.6 Å². The van der Waals surface area contributed by atoms with Crippen LogP contribution in [-0.4, -0.2) is 35.6 Å². The summed E-state index contributed by atoms with van der Waals surface area (Å²) < 4.78 is 38.1. The van der Waals surface area contributed by atoms with Crippen LogP contribution in [0.4, 0.5) is 23.7 Å². The molecule has 0 spiro atoms. The number of halogens is 3. The summed E-state index contributed by atoms with van der Waals surface area (Å²) in [4.78, 5) is 38.1. The molecule has 0 bridgehead atoms. The monoisotopic (exact) mass is 418 g/mol. The number of hydrogen-bond acceptors (Lipinski definition) is 3. The zero-order chi connectivity index (χ0) is 21.9. The van der Waals surface area contributed by atoms with Gasteiger partial charge >= 0.3 is 12.2 Å². The number of nitrogens with one attached hydrogen (secondary N) is 1. The molecule has 1 atom stereocenters. The van der Waals surface area contributed by atoms with Crippen molar-refractivity contribution in [3.05, 3.63) is 65.2 Å². The molecule has 8 heteroatoms. The van der Waals surface area contributed by atoms with Crippen molar-refractivity contribution in [3.63, 3.8) is 0 Å². The second kappa shape index (κ2) is 8.69. The average molecular weight is 418 g/mol. The van der Waals surface area contributed by atoms with E-state index in [-0.39, 0.29) is 29.7 Å². The molecule has 0 radical (unpaired) electrons. The number of piperidine rings is 1. The predicted octanol–water partition coefficient (Wildman–Crippen LogP) is 5.03. The molecule has 1 fully saturated rings. The number of carbonyl (C=O) groups excluding carboxylic acids is 3. The fraction of sp³-hybridized carbons (Fsp3) is 0.318. The van der Waals surface area contributed by atoms with Crippen molar-refractivity contribution in [1.29, 1.82) is 0 Å². The molecule has 1 aliphatic heterocycles. The molecule has 2 aromatic rings. The van der Waals surface area contributed by atoms with Crippen LogP contribution >= 0.6 is 0 Å². The van der Waals surface area contributed by atoms with E-state index >= 15 is 0 Å². The Hall–Kier alpha value is -3.16. The van der Waals surface area contributed by atoms with E-state index in [1.54, 1.807) is 24.3 Å².